The van der Waals surface area contributed by atoms with E-state index in [-0.39, 0.29) is 17.1 Å². The van der Waals surface area contributed by atoms with E-state index >= 15 is 0 Å². The Hall–Kier alpha value is -2.49. The molecule has 0 aliphatic heterocycles. The molecular formula is C15H20N2O7S. The lowest BCUT2D eigenvalue weighted by molar-refractivity contribution is -0.387. The van der Waals surface area contributed by atoms with Crippen LogP contribution in [0.4, 0.5) is 10.5 Å². The first-order valence-corrected chi connectivity index (χ1v) is 8.46. The predicted octanol–water partition coefficient (Wildman–Crippen LogP) is 1.77. The maximum atomic E-state index is 12.7. The standard InChI is InChI=1S/C15H20N2O7S/c1-15(2,3)24-14(19)16-9-12(13(18)23-4)25(22)11-8-6-5-7-10(11)17(20)21/h5-8,12H,9H2,1-4H3,(H,16,19). The van der Waals surface area contributed by atoms with Crippen LogP contribution in [0.3, 0.4) is 0 Å². The molecule has 1 amide bonds. The molecule has 0 saturated carbocycles. The van der Waals surface area contributed by atoms with E-state index in [4.69, 9.17) is 4.74 Å². The lowest BCUT2D eigenvalue weighted by Crippen LogP contribution is -2.42. The van der Waals surface area contributed by atoms with Crippen molar-refractivity contribution in [2.75, 3.05) is 13.7 Å². The largest absolute Gasteiger partial charge is 0.468 e. The molecule has 10 heteroatoms. The average Bonchev–Trinajstić information content (AvgIpc) is 2.52. The molecule has 1 rings (SSSR count). The second kappa shape index (κ2) is 8.56. The zero-order valence-corrected chi connectivity index (χ0v) is 15.1. The van der Waals surface area contributed by atoms with Crippen molar-refractivity contribution in [3.63, 3.8) is 0 Å². The maximum absolute atomic E-state index is 12.7. The first-order chi connectivity index (χ1) is 11.6. The fourth-order valence-electron chi connectivity index (χ4n) is 1.80. The molecule has 2 unspecified atom stereocenters. The van der Waals surface area contributed by atoms with Gasteiger partial charge >= 0.3 is 12.1 Å². The SMILES string of the molecule is COC(=O)C(CNC(=O)OC(C)(C)C)S(=O)c1ccccc1[N+](=O)[O-]. The molecule has 2 atom stereocenters. The maximum Gasteiger partial charge on any atom is 0.407 e. The highest BCUT2D eigenvalue weighted by Crippen LogP contribution is 2.24. The Morgan fingerprint density at radius 1 is 1.32 bits per heavy atom. The van der Waals surface area contributed by atoms with Crippen molar-refractivity contribution in [3.8, 4) is 0 Å². The Morgan fingerprint density at radius 2 is 1.92 bits per heavy atom. The number of alkyl carbamates (subject to hydrolysis) is 1. The minimum absolute atomic E-state index is 0.131. The molecule has 0 saturated heterocycles. The van der Waals surface area contributed by atoms with E-state index in [1.54, 1.807) is 20.8 Å². The van der Waals surface area contributed by atoms with Gasteiger partial charge in [0.2, 0.25) is 0 Å². The lowest BCUT2D eigenvalue weighted by Gasteiger charge is -2.21. The number of nitrogens with one attached hydrogen (secondary N) is 1. The minimum atomic E-state index is -2.11. The van der Waals surface area contributed by atoms with Crippen LogP contribution >= 0.6 is 0 Å². The quantitative estimate of drug-likeness (QED) is 0.458. The molecule has 9 nitrogen and oxygen atoms in total. The number of hydrogen-bond donors (Lipinski definition) is 1. The van der Waals surface area contributed by atoms with Crippen molar-refractivity contribution >= 4 is 28.5 Å². The van der Waals surface area contributed by atoms with Gasteiger partial charge < -0.3 is 14.8 Å². The highest BCUT2D eigenvalue weighted by Gasteiger charge is 2.32. The molecule has 0 aliphatic rings. The molecule has 1 N–H and O–H groups in total. The summed E-state index contributed by atoms with van der Waals surface area (Å²) in [5, 5.41) is 12.1. The van der Waals surface area contributed by atoms with Crippen molar-refractivity contribution in [1.82, 2.24) is 5.32 Å². The van der Waals surface area contributed by atoms with E-state index in [2.05, 4.69) is 10.1 Å². The summed E-state index contributed by atoms with van der Waals surface area (Å²) in [5.41, 5.74) is -1.13. The number of methoxy groups -OCH3 is 1. The molecule has 0 heterocycles. The highest BCUT2D eigenvalue weighted by molar-refractivity contribution is 7.86. The van der Waals surface area contributed by atoms with Crippen LogP contribution in [0.5, 0.6) is 0 Å². The average molecular weight is 372 g/mol. The van der Waals surface area contributed by atoms with Gasteiger partial charge in [-0.25, -0.2) is 4.79 Å². The summed E-state index contributed by atoms with van der Waals surface area (Å²) in [6.07, 6.45) is -0.805. The Morgan fingerprint density at radius 3 is 2.44 bits per heavy atom. The van der Waals surface area contributed by atoms with Crippen molar-refractivity contribution in [3.05, 3.63) is 34.4 Å². The van der Waals surface area contributed by atoms with Crippen molar-refractivity contribution < 1.29 is 28.2 Å². The van der Waals surface area contributed by atoms with Crippen LogP contribution in [-0.4, -0.2) is 45.7 Å². The first-order valence-electron chi connectivity index (χ1n) is 7.25. The number of rotatable bonds is 6. The third-order valence-corrected chi connectivity index (χ3v) is 4.49. The summed E-state index contributed by atoms with van der Waals surface area (Å²) in [6, 6.07) is 5.36. The molecule has 0 fully saturated rings. The van der Waals surface area contributed by atoms with Gasteiger partial charge in [-0.2, -0.15) is 0 Å². The number of carbonyl (C=O) groups is 2. The van der Waals surface area contributed by atoms with E-state index in [0.717, 1.165) is 7.11 Å². The molecule has 138 valence electrons. The topological polar surface area (TPSA) is 125 Å². The third-order valence-electron chi connectivity index (χ3n) is 2.83. The third kappa shape index (κ3) is 6.14. The van der Waals surface area contributed by atoms with Crippen molar-refractivity contribution in [1.29, 1.82) is 0 Å². The molecule has 0 aliphatic carbocycles. The summed E-state index contributed by atoms with van der Waals surface area (Å²) in [6.45, 7) is 4.63. The first kappa shape index (κ1) is 20.6. The summed E-state index contributed by atoms with van der Waals surface area (Å²) in [7, 11) is -1.01. The molecular weight excluding hydrogens is 352 g/mol. The van der Waals surface area contributed by atoms with Gasteiger partial charge in [0.05, 0.1) is 22.8 Å². The molecule has 0 radical (unpaired) electrons. The number of nitro benzene ring substituents is 1. The highest BCUT2D eigenvalue weighted by atomic mass is 32.2. The van der Waals surface area contributed by atoms with Gasteiger partial charge in [0.25, 0.3) is 5.69 Å². The van der Waals surface area contributed by atoms with Gasteiger partial charge in [-0.05, 0) is 26.8 Å². The van der Waals surface area contributed by atoms with Crippen molar-refractivity contribution in [2.45, 2.75) is 36.5 Å². The van der Waals surface area contributed by atoms with Gasteiger partial charge in [0.1, 0.15) is 10.5 Å². The van der Waals surface area contributed by atoms with E-state index in [1.807, 2.05) is 0 Å². The molecule has 0 bridgehead atoms. The van der Waals surface area contributed by atoms with Crippen LogP contribution in [0.15, 0.2) is 29.2 Å². The molecule has 0 spiro atoms. The van der Waals surface area contributed by atoms with Crippen LogP contribution in [0.1, 0.15) is 20.8 Å². The van der Waals surface area contributed by atoms with Gasteiger partial charge in [-0.3, -0.25) is 19.1 Å². The normalized spacial score (nSPS) is 13.4. The number of amides is 1. The summed E-state index contributed by atoms with van der Waals surface area (Å²) >= 11 is 0. The second-order valence-corrected chi connectivity index (χ2v) is 7.52. The molecule has 1 aromatic rings. The van der Waals surface area contributed by atoms with Crippen LogP contribution in [-0.2, 0) is 25.1 Å². The zero-order chi connectivity index (χ0) is 19.2. The minimum Gasteiger partial charge on any atom is -0.468 e. The molecule has 1 aromatic carbocycles. The number of carbonyl (C=O) groups excluding carboxylic acids is 2. The van der Waals surface area contributed by atoms with E-state index in [0.29, 0.717) is 0 Å². The number of hydrogen-bond acceptors (Lipinski definition) is 7. The number of nitrogens with zero attached hydrogens (tertiary/aromatic N) is 1. The molecule has 0 aromatic heterocycles. The van der Waals surface area contributed by atoms with E-state index in [1.165, 1.54) is 24.3 Å². The summed E-state index contributed by atoms with van der Waals surface area (Å²) in [4.78, 5) is 33.9. The number of ether oxygens (including phenoxy) is 2. The summed E-state index contributed by atoms with van der Waals surface area (Å²) in [5.74, 6) is -0.868. The number of esters is 1. The van der Waals surface area contributed by atoms with Crippen LogP contribution < -0.4 is 5.32 Å². The Labute approximate surface area is 147 Å². The van der Waals surface area contributed by atoms with Crippen molar-refractivity contribution in [2.24, 2.45) is 0 Å². The molecule has 25 heavy (non-hydrogen) atoms. The number of nitro groups is 1. The Kier molecular flexibility index (Phi) is 7.04. The fourth-order valence-corrected chi connectivity index (χ4v) is 3.17. The van der Waals surface area contributed by atoms with Gasteiger partial charge in [0, 0.05) is 12.6 Å². The smallest absolute Gasteiger partial charge is 0.407 e. The zero-order valence-electron chi connectivity index (χ0n) is 14.3. The van der Waals surface area contributed by atoms with Gasteiger partial charge in [0.15, 0.2) is 5.25 Å². The van der Waals surface area contributed by atoms with Crippen LogP contribution in [0.25, 0.3) is 0 Å². The second-order valence-electron chi connectivity index (χ2n) is 5.92. The van der Waals surface area contributed by atoms with Gasteiger partial charge in [-0.1, -0.05) is 12.1 Å². The van der Waals surface area contributed by atoms with Gasteiger partial charge in [-0.15, -0.1) is 0 Å². The monoisotopic (exact) mass is 372 g/mol. The Balaban J connectivity index is 3.00. The number of benzene rings is 1. The van der Waals surface area contributed by atoms with E-state index < -0.39 is 38.6 Å². The van der Waals surface area contributed by atoms with Crippen LogP contribution in [0, 0.1) is 10.1 Å². The fraction of sp³-hybridized carbons (Fsp3) is 0.467. The summed E-state index contributed by atoms with van der Waals surface area (Å²) < 4.78 is 22.3. The van der Waals surface area contributed by atoms with E-state index in [9.17, 15) is 23.9 Å². The van der Waals surface area contributed by atoms with Crippen LogP contribution in [0.2, 0.25) is 0 Å². The lowest BCUT2D eigenvalue weighted by atomic mass is 10.2. The predicted molar refractivity (Wildman–Crippen MR) is 89.5 cm³/mol. The number of para-hydroxylation sites is 1. The Bertz CT molecular complexity index is 685.